The summed E-state index contributed by atoms with van der Waals surface area (Å²) in [4.78, 5) is 18.0. The molecule has 0 bridgehead atoms. The zero-order chi connectivity index (χ0) is 14.7. The Bertz CT molecular complexity index is 497. The minimum Gasteiger partial charge on any atom is -0.465 e. The zero-order valence-electron chi connectivity index (χ0n) is 12.4. The molecule has 1 atom stereocenters. The van der Waals surface area contributed by atoms with Gasteiger partial charge in [-0.05, 0) is 39.0 Å². The second kappa shape index (κ2) is 6.75. The molecule has 1 aromatic rings. The van der Waals surface area contributed by atoms with E-state index in [1.165, 1.54) is 4.88 Å². The molecule has 6 heteroatoms. The van der Waals surface area contributed by atoms with Gasteiger partial charge in [0.1, 0.15) is 5.92 Å². The number of carbonyl (C=O) groups is 1. The van der Waals surface area contributed by atoms with Gasteiger partial charge in [0.05, 0.1) is 12.3 Å². The van der Waals surface area contributed by atoms with Crippen LogP contribution in [-0.4, -0.2) is 36.8 Å². The van der Waals surface area contributed by atoms with Crippen molar-refractivity contribution < 1.29 is 14.3 Å². The molecule has 1 N–H and O–H groups in total. The van der Waals surface area contributed by atoms with Gasteiger partial charge in [0.25, 0.3) is 0 Å². The molecular formula is C15H22N2O3S. The first-order valence-corrected chi connectivity index (χ1v) is 8.60. The van der Waals surface area contributed by atoms with Gasteiger partial charge in [-0.1, -0.05) is 0 Å². The van der Waals surface area contributed by atoms with Gasteiger partial charge < -0.3 is 14.8 Å². The molecule has 0 amide bonds. The van der Waals surface area contributed by atoms with Crippen molar-refractivity contribution in [2.75, 3.05) is 25.1 Å². The van der Waals surface area contributed by atoms with Crippen molar-refractivity contribution >= 4 is 22.4 Å². The van der Waals surface area contributed by atoms with Crippen LogP contribution in [0.5, 0.6) is 0 Å². The molecule has 2 heterocycles. The fourth-order valence-electron chi connectivity index (χ4n) is 2.97. The maximum Gasteiger partial charge on any atom is 0.315 e. The highest BCUT2D eigenvalue weighted by Crippen LogP contribution is 2.37. The van der Waals surface area contributed by atoms with E-state index in [4.69, 9.17) is 14.5 Å². The van der Waals surface area contributed by atoms with Gasteiger partial charge in [-0.2, -0.15) is 0 Å². The topological polar surface area (TPSA) is 60.5 Å². The molecule has 1 unspecified atom stereocenters. The third kappa shape index (κ3) is 3.37. The number of nitrogens with zero attached hydrogens (tertiary/aromatic N) is 1. The summed E-state index contributed by atoms with van der Waals surface area (Å²) < 4.78 is 10.6. The lowest BCUT2D eigenvalue weighted by Crippen LogP contribution is -2.27. The number of thiazole rings is 1. The monoisotopic (exact) mass is 310 g/mol. The van der Waals surface area contributed by atoms with Crippen LogP contribution in [0.3, 0.4) is 0 Å². The number of ether oxygens (including phenoxy) is 2. The Hall–Kier alpha value is -1.14. The normalized spacial score (nSPS) is 22.6. The van der Waals surface area contributed by atoms with Crippen molar-refractivity contribution in [3.63, 3.8) is 0 Å². The molecule has 1 fully saturated rings. The summed E-state index contributed by atoms with van der Waals surface area (Å²) in [7, 11) is 0. The Morgan fingerprint density at radius 2 is 2.24 bits per heavy atom. The van der Waals surface area contributed by atoms with Crippen molar-refractivity contribution in [2.45, 2.75) is 51.0 Å². The molecule has 1 aromatic heterocycles. The molecule has 0 saturated carbocycles. The summed E-state index contributed by atoms with van der Waals surface area (Å²) in [5.41, 5.74) is 0.944. The number of hydrogen-bond acceptors (Lipinski definition) is 6. The highest BCUT2D eigenvalue weighted by Gasteiger charge is 2.31. The lowest BCUT2D eigenvalue weighted by atomic mass is 9.91. The summed E-state index contributed by atoms with van der Waals surface area (Å²) in [6, 6.07) is 0.437. The number of rotatable bonds is 4. The number of anilines is 1. The largest absolute Gasteiger partial charge is 0.465 e. The standard InChI is InChI=1S/C15H22N2O3S/c1-2-20-14(18)11-4-3-5-12-13(11)17-15(21-12)16-10-6-8-19-9-7-10/h10-11H,2-9H2,1H3,(H,16,17). The van der Waals surface area contributed by atoms with E-state index in [0.717, 1.165) is 56.1 Å². The van der Waals surface area contributed by atoms with E-state index in [1.807, 2.05) is 6.92 Å². The molecule has 0 radical (unpaired) electrons. The summed E-state index contributed by atoms with van der Waals surface area (Å²) >= 11 is 1.70. The quantitative estimate of drug-likeness (QED) is 0.867. The fraction of sp³-hybridized carbons (Fsp3) is 0.733. The fourth-order valence-corrected chi connectivity index (χ4v) is 4.11. The van der Waals surface area contributed by atoms with Crippen LogP contribution in [0.25, 0.3) is 0 Å². The number of aromatic nitrogens is 1. The Labute approximate surface area is 129 Å². The summed E-state index contributed by atoms with van der Waals surface area (Å²) in [6.45, 7) is 3.91. The van der Waals surface area contributed by atoms with Crippen molar-refractivity contribution in [3.8, 4) is 0 Å². The number of fused-ring (bicyclic) bond motifs is 1. The molecule has 3 rings (SSSR count). The predicted octanol–water partition coefficient (Wildman–Crippen LogP) is 2.72. The van der Waals surface area contributed by atoms with Gasteiger partial charge >= 0.3 is 5.97 Å². The van der Waals surface area contributed by atoms with Gasteiger partial charge in [0.2, 0.25) is 0 Å². The SMILES string of the molecule is CCOC(=O)C1CCCc2sc(NC3CCOCC3)nc21. The van der Waals surface area contributed by atoms with Gasteiger partial charge in [0.15, 0.2) is 5.13 Å². The van der Waals surface area contributed by atoms with Gasteiger partial charge in [-0.15, -0.1) is 11.3 Å². The molecule has 0 aromatic carbocycles. The lowest BCUT2D eigenvalue weighted by molar-refractivity contribution is -0.145. The second-order valence-electron chi connectivity index (χ2n) is 5.56. The molecule has 0 spiro atoms. The maximum atomic E-state index is 12.1. The molecular weight excluding hydrogens is 288 g/mol. The van der Waals surface area contributed by atoms with Crippen LogP contribution in [0.2, 0.25) is 0 Å². The smallest absolute Gasteiger partial charge is 0.315 e. The average molecular weight is 310 g/mol. The zero-order valence-corrected chi connectivity index (χ0v) is 13.2. The number of esters is 1. The van der Waals surface area contributed by atoms with E-state index < -0.39 is 0 Å². The Morgan fingerprint density at radius 3 is 3.00 bits per heavy atom. The number of aryl methyl sites for hydroxylation is 1. The van der Waals surface area contributed by atoms with Crippen LogP contribution in [0.15, 0.2) is 0 Å². The minimum absolute atomic E-state index is 0.124. The van der Waals surface area contributed by atoms with Gasteiger partial charge in [0, 0.05) is 24.1 Å². The molecule has 5 nitrogen and oxygen atoms in total. The number of carbonyl (C=O) groups excluding carboxylic acids is 1. The first-order chi connectivity index (χ1) is 10.3. The van der Waals surface area contributed by atoms with Crippen LogP contribution >= 0.6 is 11.3 Å². The maximum absolute atomic E-state index is 12.1. The summed E-state index contributed by atoms with van der Waals surface area (Å²) in [6.07, 6.45) is 4.96. The van der Waals surface area contributed by atoms with Crippen molar-refractivity contribution in [1.29, 1.82) is 0 Å². The van der Waals surface area contributed by atoms with Crippen LogP contribution in [0, 0.1) is 0 Å². The third-order valence-corrected chi connectivity index (χ3v) is 5.14. The van der Waals surface area contributed by atoms with Gasteiger partial charge in [-0.25, -0.2) is 4.98 Å². The van der Waals surface area contributed by atoms with E-state index >= 15 is 0 Å². The molecule has 2 aliphatic rings. The lowest BCUT2D eigenvalue weighted by Gasteiger charge is -2.22. The molecule has 116 valence electrons. The van der Waals surface area contributed by atoms with E-state index in [-0.39, 0.29) is 11.9 Å². The van der Waals surface area contributed by atoms with Crippen molar-refractivity contribution in [2.24, 2.45) is 0 Å². The van der Waals surface area contributed by atoms with Crippen LogP contribution in [0.1, 0.15) is 49.1 Å². The van der Waals surface area contributed by atoms with Crippen molar-refractivity contribution in [3.05, 3.63) is 10.6 Å². The van der Waals surface area contributed by atoms with E-state index in [2.05, 4.69) is 5.32 Å². The van der Waals surface area contributed by atoms with Crippen LogP contribution in [0.4, 0.5) is 5.13 Å². The summed E-state index contributed by atoms with van der Waals surface area (Å²) in [5.74, 6) is -0.295. The highest BCUT2D eigenvalue weighted by molar-refractivity contribution is 7.15. The Kier molecular flexibility index (Phi) is 4.75. The molecule has 1 aliphatic carbocycles. The first-order valence-electron chi connectivity index (χ1n) is 7.78. The average Bonchev–Trinajstić information content (AvgIpc) is 2.90. The Balaban J connectivity index is 1.72. The highest BCUT2D eigenvalue weighted by atomic mass is 32.1. The second-order valence-corrected chi connectivity index (χ2v) is 6.64. The third-order valence-electron chi connectivity index (χ3n) is 4.07. The first kappa shape index (κ1) is 14.8. The Morgan fingerprint density at radius 1 is 1.43 bits per heavy atom. The van der Waals surface area contributed by atoms with Gasteiger partial charge in [-0.3, -0.25) is 4.79 Å². The predicted molar refractivity (Wildman–Crippen MR) is 81.9 cm³/mol. The van der Waals surface area contributed by atoms with E-state index in [9.17, 15) is 4.79 Å². The summed E-state index contributed by atoms with van der Waals surface area (Å²) in [5, 5.41) is 4.45. The molecule has 1 saturated heterocycles. The van der Waals surface area contributed by atoms with E-state index in [1.54, 1.807) is 11.3 Å². The number of nitrogens with one attached hydrogen (secondary N) is 1. The molecule has 21 heavy (non-hydrogen) atoms. The van der Waals surface area contributed by atoms with Crippen LogP contribution in [-0.2, 0) is 20.7 Å². The minimum atomic E-state index is -0.171. The van der Waals surface area contributed by atoms with E-state index in [0.29, 0.717) is 12.6 Å². The van der Waals surface area contributed by atoms with Crippen molar-refractivity contribution in [1.82, 2.24) is 4.98 Å². The molecule has 1 aliphatic heterocycles. The van der Waals surface area contributed by atoms with Crippen LogP contribution < -0.4 is 5.32 Å². The number of hydrogen-bond donors (Lipinski definition) is 1.